The van der Waals surface area contributed by atoms with Crippen molar-refractivity contribution >= 4 is 10.0 Å². The molecule has 1 N–H and O–H groups in total. The van der Waals surface area contributed by atoms with Gasteiger partial charge in [0.25, 0.3) is 5.89 Å². The lowest BCUT2D eigenvalue weighted by Crippen LogP contribution is -2.28. The van der Waals surface area contributed by atoms with Crippen molar-refractivity contribution < 1.29 is 17.7 Å². The van der Waals surface area contributed by atoms with Gasteiger partial charge in [-0.05, 0) is 62.9 Å². The van der Waals surface area contributed by atoms with E-state index in [0.717, 1.165) is 16.7 Å². The molecule has 32 heavy (non-hydrogen) atoms. The average Bonchev–Trinajstić information content (AvgIpc) is 3.41. The molecule has 1 aliphatic rings. The number of hydrogen-bond acceptors (Lipinski definition) is 7. The molecular weight excluding hydrogens is 428 g/mol. The first kappa shape index (κ1) is 22.0. The van der Waals surface area contributed by atoms with E-state index in [1.54, 1.807) is 25.1 Å². The van der Waals surface area contributed by atoms with Crippen LogP contribution in [0.2, 0.25) is 0 Å². The Balaban J connectivity index is 1.65. The van der Waals surface area contributed by atoms with Crippen molar-refractivity contribution in [3.05, 3.63) is 53.1 Å². The highest BCUT2D eigenvalue weighted by atomic mass is 32.2. The second-order valence-corrected chi connectivity index (χ2v) is 9.94. The summed E-state index contributed by atoms with van der Waals surface area (Å²) in [6.45, 7) is 5.42. The lowest BCUT2D eigenvalue weighted by molar-refractivity contribution is 0.241. The first-order valence-corrected chi connectivity index (χ1v) is 12.1. The zero-order valence-electron chi connectivity index (χ0n) is 18.1. The second-order valence-electron chi connectivity index (χ2n) is 7.90. The Kier molecular flexibility index (Phi) is 6.00. The van der Waals surface area contributed by atoms with Crippen LogP contribution < -0.4 is 9.46 Å². The number of aromatic nitrogens is 2. The molecule has 1 atom stereocenters. The molecule has 0 radical (unpaired) electrons. The van der Waals surface area contributed by atoms with Gasteiger partial charge in [-0.2, -0.15) is 10.2 Å². The Hall–Kier alpha value is -3.22. The highest BCUT2D eigenvalue weighted by molar-refractivity contribution is 7.89. The van der Waals surface area contributed by atoms with Gasteiger partial charge < -0.3 is 9.26 Å². The van der Waals surface area contributed by atoms with E-state index in [9.17, 15) is 13.7 Å². The Morgan fingerprint density at radius 3 is 2.84 bits per heavy atom. The molecule has 0 amide bonds. The van der Waals surface area contributed by atoms with Gasteiger partial charge in [-0.1, -0.05) is 23.4 Å². The van der Waals surface area contributed by atoms with Gasteiger partial charge in [0.2, 0.25) is 15.8 Å². The molecule has 1 aromatic heterocycles. The van der Waals surface area contributed by atoms with Crippen molar-refractivity contribution in [1.82, 2.24) is 14.9 Å². The monoisotopic (exact) mass is 452 g/mol. The quantitative estimate of drug-likeness (QED) is 0.576. The molecule has 2 aromatic carbocycles. The van der Waals surface area contributed by atoms with Crippen LogP contribution >= 0.6 is 0 Å². The maximum atomic E-state index is 12.0. The molecule has 0 fully saturated rings. The van der Waals surface area contributed by atoms with Crippen LogP contribution in [0.1, 0.15) is 49.9 Å². The molecular formula is C23H24N4O4S. The van der Waals surface area contributed by atoms with Crippen molar-refractivity contribution in [2.24, 2.45) is 0 Å². The van der Waals surface area contributed by atoms with E-state index < -0.39 is 10.0 Å². The van der Waals surface area contributed by atoms with Crippen LogP contribution in [0.4, 0.5) is 0 Å². The van der Waals surface area contributed by atoms with Gasteiger partial charge in [-0.3, -0.25) is 0 Å². The largest absolute Gasteiger partial charge is 0.490 e. The highest BCUT2D eigenvalue weighted by Gasteiger charge is 2.29. The summed E-state index contributed by atoms with van der Waals surface area (Å²) >= 11 is 0. The van der Waals surface area contributed by atoms with E-state index in [1.165, 1.54) is 0 Å². The van der Waals surface area contributed by atoms with Crippen LogP contribution in [0, 0.1) is 11.3 Å². The van der Waals surface area contributed by atoms with Crippen LogP contribution in [0.25, 0.3) is 22.8 Å². The number of rotatable bonds is 7. The summed E-state index contributed by atoms with van der Waals surface area (Å²) in [6.07, 6.45) is 1.35. The van der Waals surface area contributed by atoms with Gasteiger partial charge in [0, 0.05) is 17.2 Å². The number of nitrogens with zero attached hydrogens (tertiary/aromatic N) is 3. The third-order valence-corrected chi connectivity index (χ3v) is 6.75. The van der Waals surface area contributed by atoms with Gasteiger partial charge in [0.1, 0.15) is 11.8 Å². The Morgan fingerprint density at radius 1 is 1.31 bits per heavy atom. The maximum Gasteiger partial charge on any atom is 0.258 e. The van der Waals surface area contributed by atoms with E-state index in [-0.39, 0.29) is 17.9 Å². The van der Waals surface area contributed by atoms with Crippen LogP contribution in [-0.4, -0.2) is 30.4 Å². The summed E-state index contributed by atoms with van der Waals surface area (Å²) in [4.78, 5) is 4.54. The summed E-state index contributed by atoms with van der Waals surface area (Å²) in [5.74, 6) is 1.27. The van der Waals surface area contributed by atoms with Crippen molar-refractivity contribution in [2.45, 2.75) is 45.8 Å². The molecule has 0 saturated carbocycles. The molecule has 8 nitrogen and oxygen atoms in total. The van der Waals surface area contributed by atoms with Crippen molar-refractivity contribution in [3.63, 3.8) is 0 Å². The van der Waals surface area contributed by atoms with Crippen molar-refractivity contribution in [1.29, 1.82) is 5.26 Å². The minimum atomic E-state index is -3.31. The fraction of sp³-hybridized carbons (Fsp3) is 0.348. The standard InChI is InChI=1S/C23H24N4O4S/c1-4-32(28,29)27-20-10-9-17-18(20)6-5-7-19(17)22-25-23(31-26-22)15-8-11-21(30-14(2)3)16(12-15)13-24/h5-8,11-12,14,20,27H,4,9-10H2,1-3H3/t20-/m1/s1. The molecule has 0 aliphatic heterocycles. The zero-order chi connectivity index (χ0) is 22.9. The normalized spacial score (nSPS) is 15.5. The third-order valence-electron chi connectivity index (χ3n) is 5.35. The second kappa shape index (κ2) is 8.73. The molecule has 166 valence electrons. The van der Waals surface area contributed by atoms with E-state index >= 15 is 0 Å². The summed E-state index contributed by atoms with van der Waals surface area (Å²) < 4.78 is 38.0. The van der Waals surface area contributed by atoms with Crippen LogP contribution in [-0.2, 0) is 16.4 Å². The number of benzene rings is 2. The molecule has 4 rings (SSSR count). The molecule has 0 spiro atoms. The molecule has 1 aliphatic carbocycles. The number of nitrogens with one attached hydrogen (secondary N) is 1. The number of sulfonamides is 1. The van der Waals surface area contributed by atoms with Gasteiger partial charge in [-0.25, -0.2) is 13.1 Å². The summed E-state index contributed by atoms with van der Waals surface area (Å²) in [5.41, 5.74) is 3.78. The smallest absolute Gasteiger partial charge is 0.258 e. The molecule has 0 bridgehead atoms. The van der Waals surface area contributed by atoms with Crippen LogP contribution in [0.3, 0.4) is 0 Å². The first-order chi connectivity index (χ1) is 15.3. The number of ether oxygens (including phenoxy) is 1. The summed E-state index contributed by atoms with van der Waals surface area (Å²) in [7, 11) is -3.31. The van der Waals surface area contributed by atoms with E-state index in [1.807, 2.05) is 32.0 Å². The van der Waals surface area contributed by atoms with Crippen molar-refractivity contribution in [2.75, 3.05) is 5.75 Å². The maximum absolute atomic E-state index is 12.0. The number of fused-ring (bicyclic) bond motifs is 1. The van der Waals surface area contributed by atoms with E-state index in [4.69, 9.17) is 9.26 Å². The van der Waals surface area contributed by atoms with Gasteiger partial charge in [0.05, 0.1) is 17.4 Å². The van der Waals surface area contributed by atoms with Crippen LogP contribution in [0.5, 0.6) is 5.75 Å². The van der Waals surface area contributed by atoms with E-state index in [0.29, 0.717) is 41.4 Å². The lowest BCUT2D eigenvalue weighted by Gasteiger charge is -2.14. The molecule has 0 saturated heterocycles. The summed E-state index contributed by atoms with van der Waals surface area (Å²) in [5, 5.41) is 13.6. The van der Waals surface area contributed by atoms with Crippen LogP contribution in [0.15, 0.2) is 40.9 Å². The SMILES string of the molecule is CCS(=O)(=O)N[C@@H]1CCc2c(-c3noc(-c4ccc(OC(C)C)c(C#N)c4)n3)cccc21. The predicted octanol–water partition coefficient (Wildman–Crippen LogP) is 3.99. The topological polar surface area (TPSA) is 118 Å². The lowest BCUT2D eigenvalue weighted by atomic mass is 10.0. The molecule has 3 aromatic rings. The minimum absolute atomic E-state index is 0.0401. The number of hydrogen-bond donors (Lipinski definition) is 1. The predicted molar refractivity (Wildman–Crippen MR) is 119 cm³/mol. The number of nitriles is 1. The minimum Gasteiger partial charge on any atom is -0.490 e. The summed E-state index contributed by atoms with van der Waals surface area (Å²) in [6, 6.07) is 12.8. The first-order valence-electron chi connectivity index (χ1n) is 10.5. The molecule has 9 heteroatoms. The van der Waals surface area contributed by atoms with Crippen molar-refractivity contribution in [3.8, 4) is 34.7 Å². The Morgan fingerprint density at radius 2 is 2.12 bits per heavy atom. The third kappa shape index (κ3) is 4.38. The fourth-order valence-corrected chi connectivity index (χ4v) is 4.69. The zero-order valence-corrected chi connectivity index (χ0v) is 18.9. The molecule has 1 heterocycles. The van der Waals surface area contributed by atoms with Gasteiger partial charge >= 0.3 is 0 Å². The Labute approximate surface area is 187 Å². The highest BCUT2D eigenvalue weighted by Crippen LogP contribution is 2.38. The van der Waals surface area contributed by atoms with Gasteiger partial charge in [0.15, 0.2) is 0 Å². The fourth-order valence-electron chi connectivity index (χ4n) is 3.84. The molecule has 0 unspecified atom stereocenters. The Bertz CT molecular complexity index is 1290. The average molecular weight is 453 g/mol. The van der Waals surface area contributed by atoms with Gasteiger partial charge in [-0.15, -0.1) is 0 Å². The van der Waals surface area contributed by atoms with E-state index in [2.05, 4.69) is 20.9 Å².